The maximum Gasteiger partial charge on any atom is 0.305 e. The lowest BCUT2D eigenvalue weighted by Crippen LogP contribution is -2.26. The fourth-order valence-corrected chi connectivity index (χ4v) is 2.72. The van der Waals surface area contributed by atoms with E-state index in [1.165, 1.54) is 19.2 Å². The molecule has 1 aromatic rings. The topological polar surface area (TPSA) is 49.8 Å². The lowest BCUT2D eigenvalue weighted by molar-refractivity contribution is -0.140. The van der Waals surface area contributed by atoms with Gasteiger partial charge in [-0.1, -0.05) is 12.1 Å². The van der Waals surface area contributed by atoms with Crippen LogP contribution >= 0.6 is 0 Å². The van der Waals surface area contributed by atoms with Gasteiger partial charge in [0.25, 0.3) is 0 Å². The molecule has 20 heavy (non-hydrogen) atoms. The van der Waals surface area contributed by atoms with Crippen molar-refractivity contribution in [1.82, 2.24) is 4.90 Å². The van der Waals surface area contributed by atoms with Gasteiger partial charge in [0.15, 0.2) is 0 Å². The number of rotatable bonds is 5. The van der Waals surface area contributed by atoms with E-state index in [1.54, 1.807) is 6.07 Å². The first-order valence-corrected chi connectivity index (χ1v) is 6.84. The maximum absolute atomic E-state index is 13.3. The molecule has 110 valence electrons. The minimum atomic E-state index is -0.401. The third-order valence-electron chi connectivity index (χ3n) is 3.67. The molecule has 1 fully saturated rings. The first-order chi connectivity index (χ1) is 9.60. The van der Waals surface area contributed by atoms with Crippen molar-refractivity contribution in [3.8, 4) is 0 Å². The van der Waals surface area contributed by atoms with E-state index in [0.717, 1.165) is 5.56 Å². The second kappa shape index (κ2) is 6.81. The fraction of sp³-hybridized carbons (Fsp3) is 0.533. The second-order valence-electron chi connectivity index (χ2n) is 5.13. The SMILES string of the molecule is COC(=O)CCCN1C[C@H](O)C[C@@H]1c1cccc(F)c1. The molecule has 2 atom stereocenters. The number of nitrogens with zero attached hydrogens (tertiary/aromatic N) is 1. The first kappa shape index (κ1) is 14.9. The number of carbonyl (C=O) groups is 1. The smallest absolute Gasteiger partial charge is 0.305 e. The highest BCUT2D eigenvalue weighted by Gasteiger charge is 2.31. The van der Waals surface area contributed by atoms with Gasteiger partial charge in [0, 0.05) is 19.0 Å². The molecule has 0 aromatic heterocycles. The Morgan fingerprint density at radius 1 is 1.55 bits per heavy atom. The number of aliphatic hydroxyl groups is 1. The summed E-state index contributed by atoms with van der Waals surface area (Å²) in [5.41, 5.74) is 0.875. The van der Waals surface area contributed by atoms with Crippen LogP contribution in [0, 0.1) is 5.82 Å². The lowest BCUT2D eigenvalue weighted by atomic mass is 10.0. The Hall–Kier alpha value is -1.46. The van der Waals surface area contributed by atoms with Crippen LogP contribution in [0.15, 0.2) is 24.3 Å². The van der Waals surface area contributed by atoms with Gasteiger partial charge in [-0.3, -0.25) is 9.69 Å². The second-order valence-corrected chi connectivity index (χ2v) is 5.13. The maximum atomic E-state index is 13.3. The van der Waals surface area contributed by atoms with Crippen molar-refractivity contribution in [1.29, 1.82) is 0 Å². The summed E-state index contributed by atoms with van der Waals surface area (Å²) in [5.74, 6) is -0.495. The molecule has 0 unspecified atom stereocenters. The summed E-state index contributed by atoms with van der Waals surface area (Å²) in [7, 11) is 1.37. The number of aliphatic hydroxyl groups excluding tert-OH is 1. The molecule has 0 amide bonds. The highest BCUT2D eigenvalue weighted by atomic mass is 19.1. The molecule has 0 saturated carbocycles. The van der Waals surface area contributed by atoms with Crippen LogP contribution in [-0.2, 0) is 9.53 Å². The van der Waals surface area contributed by atoms with Gasteiger partial charge >= 0.3 is 5.97 Å². The molecule has 1 saturated heterocycles. The Balaban J connectivity index is 1.98. The van der Waals surface area contributed by atoms with Gasteiger partial charge in [-0.25, -0.2) is 4.39 Å². The fourth-order valence-electron chi connectivity index (χ4n) is 2.72. The van der Waals surface area contributed by atoms with Crippen molar-refractivity contribution in [3.63, 3.8) is 0 Å². The number of ether oxygens (including phenoxy) is 1. The number of halogens is 1. The van der Waals surface area contributed by atoms with E-state index in [1.807, 2.05) is 6.07 Å². The molecule has 1 N–H and O–H groups in total. The van der Waals surface area contributed by atoms with Gasteiger partial charge in [-0.15, -0.1) is 0 Å². The average molecular weight is 281 g/mol. The number of carbonyl (C=O) groups excluding carboxylic acids is 1. The molecule has 4 nitrogen and oxygen atoms in total. The molecule has 2 rings (SSSR count). The molecule has 1 aliphatic heterocycles. The van der Waals surface area contributed by atoms with Gasteiger partial charge in [0.05, 0.1) is 13.2 Å². The van der Waals surface area contributed by atoms with E-state index >= 15 is 0 Å². The summed E-state index contributed by atoms with van der Waals surface area (Å²) in [6, 6.07) is 6.49. The molecule has 1 aromatic carbocycles. The van der Waals surface area contributed by atoms with Gasteiger partial charge in [0.1, 0.15) is 5.82 Å². The van der Waals surface area contributed by atoms with Crippen molar-refractivity contribution < 1.29 is 19.0 Å². The third-order valence-corrected chi connectivity index (χ3v) is 3.67. The van der Waals surface area contributed by atoms with Crippen molar-refractivity contribution in [2.24, 2.45) is 0 Å². The van der Waals surface area contributed by atoms with E-state index in [2.05, 4.69) is 9.64 Å². The summed E-state index contributed by atoms with van der Waals surface area (Å²) in [6.07, 6.45) is 1.23. The number of benzene rings is 1. The average Bonchev–Trinajstić information content (AvgIpc) is 2.79. The molecule has 5 heteroatoms. The van der Waals surface area contributed by atoms with Crippen LogP contribution in [0.25, 0.3) is 0 Å². The van der Waals surface area contributed by atoms with Crippen molar-refractivity contribution >= 4 is 5.97 Å². The summed E-state index contributed by atoms with van der Waals surface area (Å²) >= 11 is 0. The monoisotopic (exact) mass is 281 g/mol. The molecule has 0 aliphatic carbocycles. The lowest BCUT2D eigenvalue weighted by Gasteiger charge is -2.24. The third kappa shape index (κ3) is 3.77. The van der Waals surface area contributed by atoms with Crippen molar-refractivity contribution in [3.05, 3.63) is 35.6 Å². The van der Waals surface area contributed by atoms with Gasteiger partial charge < -0.3 is 9.84 Å². The highest BCUT2D eigenvalue weighted by molar-refractivity contribution is 5.69. The Kier molecular flexibility index (Phi) is 5.09. The zero-order valence-electron chi connectivity index (χ0n) is 11.6. The summed E-state index contributed by atoms with van der Waals surface area (Å²) in [5, 5.41) is 9.83. The molecular formula is C15H20FNO3. The van der Waals surface area contributed by atoms with Crippen LogP contribution in [0.4, 0.5) is 4.39 Å². The zero-order valence-corrected chi connectivity index (χ0v) is 11.6. The predicted octanol–water partition coefficient (Wildman–Crippen LogP) is 1.89. The summed E-state index contributed by atoms with van der Waals surface area (Å²) in [6.45, 7) is 1.25. The standard InChI is InChI=1S/C15H20FNO3/c1-20-15(19)6-3-7-17-10-13(18)9-14(17)11-4-2-5-12(16)8-11/h2,4-5,8,13-14,18H,3,6-7,9-10H2,1H3/t13-,14-/m1/s1. The van der Waals surface area contributed by atoms with Crippen LogP contribution in [0.3, 0.4) is 0 Å². The first-order valence-electron chi connectivity index (χ1n) is 6.84. The molecule has 1 aliphatic rings. The van der Waals surface area contributed by atoms with E-state index in [4.69, 9.17) is 0 Å². The normalized spacial score (nSPS) is 22.9. The Bertz CT molecular complexity index is 466. The van der Waals surface area contributed by atoms with Crippen LogP contribution in [-0.4, -0.2) is 42.3 Å². The molecule has 0 spiro atoms. The predicted molar refractivity (Wildman–Crippen MR) is 72.6 cm³/mol. The Morgan fingerprint density at radius 2 is 2.35 bits per heavy atom. The van der Waals surface area contributed by atoms with Crippen molar-refractivity contribution in [2.45, 2.75) is 31.4 Å². The summed E-state index contributed by atoms with van der Waals surface area (Å²) in [4.78, 5) is 13.2. The van der Waals surface area contributed by atoms with E-state index < -0.39 is 6.10 Å². The number of likely N-dealkylation sites (tertiary alicyclic amines) is 1. The van der Waals surface area contributed by atoms with Gasteiger partial charge in [-0.2, -0.15) is 0 Å². The van der Waals surface area contributed by atoms with E-state index in [9.17, 15) is 14.3 Å². The quantitative estimate of drug-likeness (QED) is 0.837. The molecule has 0 radical (unpaired) electrons. The number of methoxy groups -OCH3 is 1. The van der Waals surface area contributed by atoms with E-state index in [-0.39, 0.29) is 17.8 Å². The van der Waals surface area contributed by atoms with Crippen LogP contribution in [0.1, 0.15) is 30.9 Å². The minimum absolute atomic E-state index is 0.0124. The highest BCUT2D eigenvalue weighted by Crippen LogP contribution is 2.32. The number of hydrogen-bond acceptors (Lipinski definition) is 4. The minimum Gasteiger partial charge on any atom is -0.469 e. The summed E-state index contributed by atoms with van der Waals surface area (Å²) < 4.78 is 17.9. The van der Waals surface area contributed by atoms with Crippen LogP contribution in [0.2, 0.25) is 0 Å². The number of esters is 1. The largest absolute Gasteiger partial charge is 0.469 e. The molecule has 1 heterocycles. The van der Waals surface area contributed by atoms with Gasteiger partial charge in [-0.05, 0) is 37.1 Å². The molecule has 0 bridgehead atoms. The zero-order chi connectivity index (χ0) is 14.5. The van der Waals surface area contributed by atoms with Crippen molar-refractivity contribution in [2.75, 3.05) is 20.2 Å². The Morgan fingerprint density at radius 3 is 3.05 bits per heavy atom. The number of hydrogen-bond donors (Lipinski definition) is 1. The molecular weight excluding hydrogens is 261 g/mol. The Labute approximate surface area is 118 Å². The van der Waals surface area contributed by atoms with Crippen LogP contribution in [0.5, 0.6) is 0 Å². The van der Waals surface area contributed by atoms with E-state index in [0.29, 0.717) is 32.4 Å². The number of β-amino-alcohol motifs (C(OH)–C–C–N with tert-alkyl or cyclic N) is 1. The van der Waals surface area contributed by atoms with Crippen LogP contribution < -0.4 is 0 Å². The van der Waals surface area contributed by atoms with Gasteiger partial charge in [0.2, 0.25) is 0 Å².